The van der Waals surface area contributed by atoms with Crippen LogP contribution in [0, 0.1) is 12.7 Å². The van der Waals surface area contributed by atoms with Gasteiger partial charge in [-0.1, -0.05) is 6.07 Å². The van der Waals surface area contributed by atoms with Crippen LogP contribution in [0.3, 0.4) is 0 Å². The van der Waals surface area contributed by atoms with E-state index in [1.165, 1.54) is 6.07 Å². The third kappa shape index (κ3) is 2.37. The third-order valence-electron chi connectivity index (χ3n) is 3.38. The summed E-state index contributed by atoms with van der Waals surface area (Å²) in [4.78, 5) is 12.1. The molecule has 1 fully saturated rings. The summed E-state index contributed by atoms with van der Waals surface area (Å²) in [5, 5.41) is 2.91. The summed E-state index contributed by atoms with van der Waals surface area (Å²) in [7, 11) is 0. The SMILES string of the molecule is Cc1ccc(F)c(C(=O)NC2(C)CCC2)c1Br. The molecule has 0 aliphatic heterocycles. The fourth-order valence-corrected chi connectivity index (χ4v) is 2.54. The molecule has 1 aliphatic rings. The van der Waals surface area contributed by atoms with Crippen molar-refractivity contribution in [2.45, 2.75) is 38.6 Å². The standard InChI is InChI=1S/C13H15BrFNO/c1-8-4-5-9(15)10(11(8)14)12(17)16-13(2)6-3-7-13/h4-5H,3,6-7H2,1-2H3,(H,16,17). The molecular formula is C13H15BrFNO. The van der Waals surface area contributed by atoms with Gasteiger partial charge in [-0.25, -0.2) is 4.39 Å². The van der Waals surface area contributed by atoms with E-state index in [0.29, 0.717) is 4.47 Å². The first-order valence-corrected chi connectivity index (χ1v) is 6.49. The molecule has 4 heteroatoms. The molecule has 1 saturated carbocycles. The summed E-state index contributed by atoms with van der Waals surface area (Å²) in [6.07, 6.45) is 3.04. The minimum absolute atomic E-state index is 0.109. The lowest BCUT2D eigenvalue weighted by molar-refractivity contribution is 0.0845. The Balaban J connectivity index is 2.27. The fourth-order valence-electron chi connectivity index (χ4n) is 2.03. The summed E-state index contributed by atoms with van der Waals surface area (Å²) >= 11 is 3.28. The van der Waals surface area contributed by atoms with Crippen LogP contribution >= 0.6 is 15.9 Å². The summed E-state index contributed by atoms with van der Waals surface area (Å²) in [6, 6.07) is 2.99. The van der Waals surface area contributed by atoms with Crippen molar-refractivity contribution in [2.24, 2.45) is 0 Å². The zero-order valence-corrected chi connectivity index (χ0v) is 11.5. The summed E-state index contributed by atoms with van der Waals surface area (Å²) in [5.74, 6) is -0.817. The molecule has 1 N–H and O–H groups in total. The Morgan fingerprint density at radius 3 is 2.65 bits per heavy atom. The van der Waals surface area contributed by atoms with Gasteiger partial charge in [-0.05, 0) is 60.7 Å². The van der Waals surface area contributed by atoms with Gasteiger partial charge < -0.3 is 5.32 Å². The molecule has 0 saturated heterocycles. The van der Waals surface area contributed by atoms with Crippen molar-refractivity contribution in [1.82, 2.24) is 5.32 Å². The van der Waals surface area contributed by atoms with E-state index in [4.69, 9.17) is 0 Å². The molecule has 17 heavy (non-hydrogen) atoms. The van der Waals surface area contributed by atoms with Crippen LogP contribution < -0.4 is 5.32 Å². The van der Waals surface area contributed by atoms with E-state index in [-0.39, 0.29) is 17.0 Å². The second kappa shape index (κ2) is 4.41. The minimum atomic E-state index is -0.483. The minimum Gasteiger partial charge on any atom is -0.347 e. The Labute approximate surface area is 109 Å². The Morgan fingerprint density at radius 2 is 2.12 bits per heavy atom. The normalized spacial score (nSPS) is 17.4. The lowest BCUT2D eigenvalue weighted by Crippen LogP contribution is -2.51. The molecular weight excluding hydrogens is 285 g/mol. The van der Waals surface area contributed by atoms with E-state index >= 15 is 0 Å². The van der Waals surface area contributed by atoms with Crippen molar-refractivity contribution >= 4 is 21.8 Å². The number of aryl methyl sites for hydroxylation is 1. The van der Waals surface area contributed by atoms with Gasteiger partial charge in [0.05, 0.1) is 5.56 Å². The Kier molecular flexibility index (Phi) is 3.25. The molecule has 0 heterocycles. The van der Waals surface area contributed by atoms with Crippen LogP contribution in [0.1, 0.15) is 42.1 Å². The Hall–Kier alpha value is -0.900. The number of carbonyl (C=O) groups is 1. The molecule has 1 aromatic rings. The van der Waals surface area contributed by atoms with Gasteiger partial charge in [-0.15, -0.1) is 0 Å². The van der Waals surface area contributed by atoms with Gasteiger partial charge in [0.25, 0.3) is 5.91 Å². The van der Waals surface area contributed by atoms with E-state index < -0.39 is 5.82 Å². The highest BCUT2D eigenvalue weighted by Crippen LogP contribution is 2.32. The average Bonchev–Trinajstić information content (AvgIpc) is 2.22. The van der Waals surface area contributed by atoms with E-state index in [2.05, 4.69) is 21.2 Å². The maximum Gasteiger partial charge on any atom is 0.255 e. The predicted octanol–water partition coefficient (Wildman–Crippen LogP) is 3.57. The smallest absolute Gasteiger partial charge is 0.255 e. The number of carbonyl (C=O) groups excluding carboxylic acids is 1. The number of nitrogens with one attached hydrogen (secondary N) is 1. The van der Waals surface area contributed by atoms with Crippen molar-refractivity contribution in [3.8, 4) is 0 Å². The van der Waals surface area contributed by atoms with Crippen molar-refractivity contribution in [3.05, 3.63) is 33.5 Å². The molecule has 0 atom stereocenters. The molecule has 1 aliphatic carbocycles. The van der Waals surface area contributed by atoms with E-state index in [1.54, 1.807) is 6.07 Å². The second-order valence-electron chi connectivity index (χ2n) is 4.92. The number of hydrogen-bond acceptors (Lipinski definition) is 1. The summed E-state index contributed by atoms with van der Waals surface area (Å²) in [6.45, 7) is 3.83. The number of hydrogen-bond donors (Lipinski definition) is 1. The maximum atomic E-state index is 13.7. The summed E-state index contributed by atoms with van der Waals surface area (Å²) < 4.78 is 14.2. The first-order chi connectivity index (χ1) is 7.93. The van der Waals surface area contributed by atoms with Crippen LogP contribution in [0.2, 0.25) is 0 Å². The van der Waals surface area contributed by atoms with Crippen LogP contribution in [-0.4, -0.2) is 11.4 Å². The highest BCUT2D eigenvalue weighted by Gasteiger charge is 2.34. The van der Waals surface area contributed by atoms with Crippen molar-refractivity contribution in [1.29, 1.82) is 0 Å². The molecule has 2 rings (SSSR count). The van der Waals surface area contributed by atoms with Gasteiger partial charge in [0.1, 0.15) is 5.82 Å². The quantitative estimate of drug-likeness (QED) is 0.889. The number of halogens is 2. The molecule has 2 nitrogen and oxygen atoms in total. The highest BCUT2D eigenvalue weighted by molar-refractivity contribution is 9.10. The van der Waals surface area contributed by atoms with Gasteiger partial charge >= 0.3 is 0 Å². The van der Waals surface area contributed by atoms with E-state index in [1.807, 2.05) is 13.8 Å². The van der Waals surface area contributed by atoms with Crippen LogP contribution in [0.5, 0.6) is 0 Å². The highest BCUT2D eigenvalue weighted by atomic mass is 79.9. The lowest BCUT2D eigenvalue weighted by Gasteiger charge is -2.39. The topological polar surface area (TPSA) is 29.1 Å². The zero-order valence-electron chi connectivity index (χ0n) is 9.94. The van der Waals surface area contributed by atoms with Crippen molar-refractivity contribution in [3.63, 3.8) is 0 Å². The molecule has 92 valence electrons. The van der Waals surface area contributed by atoms with Crippen LogP contribution in [0.15, 0.2) is 16.6 Å². The van der Waals surface area contributed by atoms with Crippen molar-refractivity contribution in [2.75, 3.05) is 0 Å². The van der Waals surface area contributed by atoms with Gasteiger partial charge in [-0.2, -0.15) is 0 Å². The largest absolute Gasteiger partial charge is 0.347 e. The Morgan fingerprint density at radius 1 is 1.47 bits per heavy atom. The first kappa shape index (κ1) is 12.6. The molecule has 0 spiro atoms. The van der Waals surface area contributed by atoms with Crippen LogP contribution in [0.25, 0.3) is 0 Å². The number of amides is 1. The zero-order chi connectivity index (χ0) is 12.6. The first-order valence-electron chi connectivity index (χ1n) is 5.70. The average molecular weight is 300 g/mol. The van der Waals surface area contributed by atoms with Gasteiger partial charge in [0, 0.05) is 10.0 Å². The maximum absolute atomic E-state index is 13.7. The van der Waals surface area contributed by atoms with E-state index in [9.17, 15) is 9.18 Å². The van der Waals surface area contributed by atoms with Crippen LogP contribution in [0.4, 0.5) is 4.39 Å². The third-order valence-corrected chi connectivity index (χ3v) is 4.41. The van der Waals surface area contributed by atoms with Crippen LogP contribution in [-0.2, 0) is 0 Å². The molecule has 1 aromatic carbocycles. The number of rotatable bonds is 2. The monoisotopic (exact) mass is 299 g/mol. The summed E-state index contributed by atoms with van der Waals surface area (Å²) in [5.41, 5.74) is 0.806. The fraction of sp³-hybridized carbons (Fsp3) is 0.462. The van der Waals surface area contributed by atoms with Gasteiger partial charge in [0.15, 0.2) is 0 Å². The van der Waals surface area contributed by atoms with Crippen molar-refractivity contribution < 1.29 is 9.18 Å². The van der Waals surface area contributed by atoms with Gasteiger partial charge in [0.2, 0.25) is 0 Å². The van der Waals surface area contributed by atoms with Gasteiger partial charge in [-0.3, -0.25) is 4.79 Å². The predicted molar refractivity (Wildman–Crippen MR) is 68.6 cm³/mol. The second-order valence-corrected chi connectivity index (χ2v) is 5.71. The molecule has 0 unspecified atom stereocenters. The Bertz CT molecular complexity index is 469. The molecule has 0 aromatic heterocycles. The molecule has 0 bridgehead atoms. The molecule has 0 radical (unpaired) electrons. The lowest BCUT2D eigenvalue weighted by atomic mass is 9.78. The molecule has 1 amide bonds. The number of benzene rings is 1. The van der Waals surface area contributed by atoms with E-state index in [0.717, 1.165) is 24.8 Å².